The molecule has 1 spiro atoms. The number of nitrogens with two attached hydrogens (primary N) is 1. The molecule has 0 amide bonds. The average Bonchev–Trinajstić information content (AvgIpc) is 2.75. The van der Waals surface area contributed by atoms with E-state index in [0.29, 0.717) is 5.96 Å². The van der Waals surface area contributed by atoms with E-state index in [-0.39, 0.29) is 5.54 Å². The summed E-state index contributed by atoms with van der Waals surface area (Å²) in [5.41, 5.74) is 7.39. The summed E-state index contributed by atoms with van der Waals surface area (Å²) in [6.07, 6.45) is 4.92. The van der Waals surface area contributed by atoms with Crippen molar-refractivity contribution >= 4 is 11.6 Å². The molecule has 2 atom stereocenters. The molecule has 0 bridgehead atoms. The van der Waals surface area contributed by atoms with Crippen molar-refractivity contribution in [1.82, 2.24) is 0 Å². The maximum atomic E-state index is 6.18. The monoisotopic (exact) mass is 273 g/mol. The highest BCUT2D eigenvalue weighted by Crippen LogP contribution is 2.42. The van der Waals surface area contributed by atoms with Gasteiger partial charge in [-0.1, -0.05) is 19.8 Å². The summed E-state index contributed by atoms with van der Waals surface area (Å²) < 4.78 is 5.23. The summed E-state index contributed by atoms with van der Waals surface area (Å²) in [7, 11) is 1.69. The fraction of sp³-hybridized carbons (Fsp3) is 0.562. The van der Waals surface area contributed by atoms with Gasteiger partial charge in [-0.2, -0.15) is 0 Å². The van der Waals surface area contributed by atoms with Crippen molar-refractivity contribution in [2.45, 2.75) is 38.1 Å². The summed E-state index contributed by atoms with van der Waals surface area (Å²) in [5, 5.41) is 0. The van der Waals surface area contributed by atoms with Crippen molar-refractivity contribution in [2.24, 2.45) is 16.6 Å². The maximum absolute atomic E-state index is 6.18. The van der Waals surface area contributed by atoms with Gasteiger partial charge in [0, 0.05) is 5.69 Å². The van der Waals surface area contributed by atoms with E-state index in [1.807, 2.05) is 12.1 Å². The number of nitrogens with zero attached hydrogens (tertiary/aromatic N) is 2. The summed E-state index contributed by atoms with van der Waals surface area (Å²) in [6.45, 7) is 3.16. The predicted molar refractivity (Wildman–Crippen MR) is 82.3 cm³/mol. The number of anilines is 1. The van der Waals surface area contributed by atoms with E-state index in [0.717, 1.165) is 23.9 Å². The molecular formula is C16H23N3O. The topological polar surface area (TPSA) is 50.9 Å². The number of rotatable bonds is 2. The molecular weight excluding hydrogens is 250 g/mol. The molecule has 1 saturated carbocycles. The fourth-order valence-corrected chi connectivity index (χ4v) is 3.73. The molecule has 2 aliphatic rings. The Kier molecular flexibility index (Phi) is 3.32. The van der Waals surface area contributed by atoms with Gasteiger partial charge in [0.1, 0.15) is 5.75 Å². The van der Waals surface area contributed by atoms with Crippen LogP contribution in [0.25, 0.3) is 0 Å². The van der Waals surface area contributed by atoms with E-state index in [9.17, 15) is 0 Å². The normalized spacial score (nSPS) is 29.6. The number of benzene rings is 1. The molecule has 0 saturated heterocycles. The molecule has 4 nitrogen and oxygen atoms in total. The van der Waals surface area contributed by atoms with Gasteiger partial charge < -0.3 is 15.4 Å². The van der Waals surface area contributed by atoms with Gasteiger partial charge in [-0.3, -0.25) is 4.99 Å². The summed E-state index contributed by atoms with van der Waals surface area (Å²) in [5.74, 6) is 2.27. The van der Waals surface area contributed by atoms with Crippen LogP contribution in [0.2, 0.25) is 0 Å². The second kappa shape index (κ2) is 5.00. The molecule has 108 valence electrons. The minimum atomic E-state index is 0.0936. The Labute approximate surface area is 120 Å². The van der Waals surface area contributed by atoms with E-state index >= 15 is 0 Å². The summed E-state index contributed by atoms with van der Waals surface area (Å²) in [4.78, 5) is 6.79. The van der Waals surface area contributed by atoms with Crippen molar-refractivity contribution in [3.05, 3.63) is 24.3 Å². The molecule has 1 aromatic rings. The third kappa shape index (κ3) is 2.13. The summed E-state index contributed by atoms with van der Waals surface area (Å²) >= 11 is 0. The van der Waals surface area contributed by atoms with Crippen LogP contribution in [-0.4, -0.2) is 25.2 Å². The Morgan fingerprint density at radius 2 is 2.10 bits per heavy atom. The highest BCUT2D eigenvalue weighted by molar-refractivity contribution is 5.98. The fourth-order valence-electron chi connectivity index (χ4n) is 3.73. The zero-order valence-corrected chi connectivity index (χ0v) is 12.3. The van der Waals surface area contributed by atoms with Gasteiger partial charge in [0.25, 0.3) is 0 Å². The van der Waals surface area contributed by atoms with E-state index in [4.69, 9.17) is 10.5 Å². The van der Waals surface area contributed by atoms with E-state index in [1.54, 1.807) is 7.11 Å². The minimum absolute atomic E-state index is 0.0936. The van der Waals surface area contributed by atoms with Crippen molar-refractivity contribution in [1.29, 1.82) is 0 Å². The van der Waals surface area contributed by atoms with Crippen LogP contribution in [0.4, 0.5) is 5.69 Å². The zero-order chi connectivity index (χ0) is 14.2. The van der Waals surface area contributed by atoms with E-state index < -0.39 is 0 Å². The lowest BCUT2D eigenvalue weighted by Gasteiger charge is -2.44. The molecule has 20 heavy (non-hydrogen) atoms. The van der Waals surface area contributed by atoms with Crippen LogP contribution in [0.1, 0.15) is 32.6 Å². The molecule has 3 rings (SSSR count). The smallest absolute Gasteiger partial charge is 0.196 e. The first kappa shape index (κ1) is 13.3. The molecule has 0 radical (unpaired) electrons. The Morgan fingerprint density at radius 1 is 1.35 bits per heavy atom. The van der Waals surface area contributed by atoms with Crippen LogP contribution < -0.4 is 15.4 Å². The highest BCUT2D eigenvalue weighted by atomic mass is 16.5. The highest BCUT2D eigenvalue weighted by Gasteiger charge is 2.45. The molecule has 1 aliphatic carbocycles. The van der Waals surface area contributed by atoms with Crippen LogP contribution >= 0.6 is 0 Å². The Hall–Kier alpha value is -1.71. The predicted octanol–water partition coefficient (Wildman–Crippen LogP) is 2.78. The number of ether oxygens (including phenoxy) is 1. The third-order valence-electron chi connectivity index (χ3n) is 4.64. The zero-order valence-electron chi connectivity index (χ0n) is 12.3. The van der Waals surface area contributed by atoms with Gasteiger partial charge in [0.05, 0.1) is 19.2 Å². The van der Waals surface area contributed by atoms with Crippen LogP contribution in [0.3, 0.4) is 0 Å². The van der Waals surface area contributed by atoms with Crippen molar-refractivity contribution < 1.29 is 4.74 Å². The van der Waals surface area contributed by atoms with E-state index in [1.165, 1.54) is 25.7 Å². The molecule has 1 aromatic carbocycles. The Bertz CT molecular complexity index is 511. The number of methoxy groups -OCH3 is 1. The number of hydrogen-bond donors (Lipinski definition) is 1. The van der Waals surface area contributed by atoms with Crippen LogP contribution in [0.5, 0.6) is 5.75 Å². The second-order valence-corrected chi connectivity index (χ2v) is 6.13. The van der Waals surface area contributed by atoms with Crippen LogP contribution in [0, 0.1) is 5.92 Å². The molecule has 1 fully saturated rings. The lowest BCUT2D eigenvalue weighted by Crippen LogP contribution is -2.54. The van der Waals surface area contributed by atoms with Gasteiger partial charge in [-0.25, -0.2) is 0 Å². The minimum Gasteiger partial charge on any atom is -0.497 e. The van der Waals surface area contributed by atoms with Crippen LogP contribution in [-0.2, 0) is 0 Å². The molecule has 1 heterocycles. The van der Waals surface area contributed by atoms with Crippen molar-refractivity contribution in [3.63, 3.8) is 0 Å². The molecule has 0 aromatic heterocycles. The Morgan fingerprint density at radius 3 is 2.75 bits per heavy atom. The third-order valence-corrected chi connectivity index (χ3v) is 4.64. The van der Waals surface area contributed by atoms with Gasteiger partial charge in [0.15, 0.2) is 5.96 Å². The lowest BCUT2D eigenvalue weighted by atomic mass is 9.75. The van der Waals surface area contributed by atoms with Crippen LogP contribution in [0.15, 0.2) is 29.3 Å². The number of aliphatic imine (C=N–C) groups is 1. The number of hydrogen-bond acceptors (Lipinski definition) is 4. The quantitative estimate of drug-likeness (QED) is 0.901. The van der Waals surface area contributed by atoms with Gasteiger partial charge >= 0.3 is 0 Å². The van der Waals surface area contributed by atoms with Crippen molar-refractivity contribution in [2.75, 3.05) is 18.6 Å². The second-order valence-electron chi connectivity index (χ2n) is 6.13. The molecule has 1 aliphatic heterocycles. The lowest BCUT2D eigenvalue weighted by molar-refractivity contribution is 0.253. The molecule has 4 heteroatoms. The average molecular weight is 273 g/mol. The maximum Gasteiger partial charge on any atom is 0.196 e. The van der Waals surface area contributed by atoms with Gasteiger partial charge in [0.2, 0.25) is 0 Å². The SMILES string of the molecule is COc1ccc(N2C(N)=NCC23CCCC(C)C3)cc1. The number of guanidine groups is 1. The molecule has 2 N–H and O–H groups in total. The largest absolute Gasteiger partial charge is 0.497 e. The van der Waals surface area contributed by atoms with Crippen molar-refractivity contribution in [3.8, 4) is 5.75 Å². The van der Waals surface area contributed by atoms with Gasteiger partial charge in [-0.05, 0) is 43.0 Å². The first-order valence-corrected chi connectivity index (χ1v) is 7.39. The first-order chi connectivity index (χ1) is 9.64. The molecule has 2 unspecified atom stereocenters. The van der Waals surface area contributed by atoms with Gasteiger partial charge in [-0.15, -0.1) is 0 Å². The summed E-state index contributed by atoms with van der Waals surface area (Å²) in [6, 6.07) is 8.13. The van der Waals surface area contributed by atoms with E-state index in [2.05, 4.69) is 28.9 Å². The Balaban J connectivity index is 1.93. The first-order valence-electron chi connectivity index (χ1n) is 7.39. The standard InChI is InChI=1S/C16H23N3O/c1-12-4-3-9-16(10-12)11-18-15(17)19(16)13-5-7-14(20-2)8-6-13/h5-8,12H,3-4,9-11H2,1-2H3,(H2,17,18).